The van der Waals surface area contributed by atoms with Crippen LogP contribution in [0.1, 0.15) is 43.6 Å². The summed E-state index contributed by atoms with van der Waals surface area (Å²) in [6, 6.07) is 22.5. The molecule has 2 heterocycles. The summed E-state index contributed by atoms with van der Waals surface area (Å²) < 4.78 is 5.79. The minimum atomic E-state index is -0.404. The fourth-order valence-electron chi connectivity index (χ4n) is 4.18. The molecule has 3 aromatic carbocycles. The number of rotatable bonds is 4. The van der Waals surface area contributed by atoms with Crippen molar-refractivity contribution in [3.63, 3.8) is 0 Å². The summed E-state index contributed by atoms with van der Waals surface area (Å²) in [6.07, 6.45) is 0. The zero-order valence-corrected chi connectivity index (χ0v) is 19.6. The van der Waals surface area contributed by atoms with Crippen LogP contribution in [-0.2, 0) is 4.74 Å². The first-order valence-electron chi connectivity index (χ1n) is 10.4. The van der Waals surface area contributed by atoms with Crippen molar-refractivity contribution >= 4 is 33.5 Å². The number of nitrogens with one attached hydrogen (secondary N) is 1. The van der Waals surface area contributed by atoms with E-state index in [1.54, 1.807) is 17.0 Å². The normalized spacial score (nSPS) is 14.9. The van der Waals surface area contributed by atoms with E-state index in [1.807, 2.05) is 67.6 Å². The van der Waals surface area contributed by atoms with Crippen LogP contribution in [0.5, 0.6) is 0 Å². The van der Waals surface area contributed by atoms with Crippen LogP contribution in [0.2, 0.25) is 0 Å². The minimum absolute atomic E-state index is 0.147. The van der Waals surface area contributed by atoms with Gasteiger partial charge in [0.2, 0.25) is 0 Å². The van der Waals surface area contributed by atoms with Gasteiger partial charge in [-0.3, -0.25) is 14.8 Å². The molecule has 1 aromatic heterocycles. The van der Waals surface area contributed by atoms with Crippen molar-refractivity contribution in [2.24, 2.45) is 0 Å². The molecule has 7 heteroatoms. The summed E-state index contributed by atoms with van der Waals surface area (Å²) in [7, 11) is 1.35. The average Bonchev–Trinajstić information content (AvgIpc) is 3.39. The van der Waals surface area contributed by atoms with Gasteiger partial charge in [-0.1, -0.05) is 57.9 Å². The lowest BCUT2D eigenvalue weighted by atomic mass is 9.95. The fourth-order valence-corrected chi connectivity index (χ4v) is 4.45. The number of benzene rings is 3. The van der Waals surface area contributed by atoms with Crippen LogP contribution >= 0.6 is 15.9 Å². The van der Waals surface area contributed by atoms with Gasteiger partial charge in [-0.2, -0.15) is 5.10 Å². The first-order chi connectivity index (χ1) is 16.0. The molecule has 0 unspecified atom stereocenters. The lowest BCUT2D eigenvalue weighted by Crippen LogP contribution is -2.29. The van der Waals surface area contributed by atoms with Gasteiger partial charge < -0.3 is 4.74 Å². The second-order valence-corrected chi connectivity index (χ2v) is 8.81. The van der Waals surface area contributed by atoms with E-state index in [-0.39, 0.29) is 5.91 Å². The molecule has 0 bridgehead atoms. The van der Waals surface area contributed by atoms with Crippen molar-refractivity contribution < 1.29 is 14.3 Å². The van der Waals surface area contributed by atoms with E-state index in [1.165, 1.54) is 7.11 Å². The molecule has 0 aliphatic carbocycles. The third-order valence-electron chi connectivity index (χ3n) is 5.85. The van der Waals surface area contributed by atoms with Gasteiger partial charge in [-0.05, 0) is 48.9 Å². The van der Waals surface area contributed by atoms with E-state index in [2.05, 4.69) is 26.1 Å². The van der Waals surface area contributed by atoms with Crippen molar-refractivity contribution in [1.29, 1.82) is 0 Å². The lowest BCUT2D eigenvalue weighted by Gasteiger charge is -2.26. The zero-order chi connectivity index (χ0) is 23.1. The van der Waals surface area contributed by atoms with E-state index in [4.69, 9.17) is 4.74 Å². The number of aromatic nitrogens is 2. The number of H-pyrrole nitrogens is 1. The van der Waals surface area contributed by atoms with E-state index in [0.29, 0.717) is 11.3 Å². The Morgan fingerprint density at radius 1 is 1.00 bits per heavy atom. The molecular weight excluding hydrogens is 482 g/mol. The number of carbonyl (C=O) groups excluding carboxylic acids is 2. The average molecular weight is 502 g/mol. The number of halogens is 1. The molecule has 4 aromatic rings. The van der Waals surface area contributed by atoms with Crippen LogP contribution in [0, 0.1) is 6.92 Å². The Bertz CT molecular complexity index is 1340. The van der Waals surface area contributed by atoms with Gasteiger partial charge in [0.25, 0.3) is 5.91 Å². The maximum atomic E-state index is 13.6. The zero-order valence-electron chi connectivity index (χ0n) is 18.0. The second kappa shape index (κ2) is 8.33. The topological polar surface area (TPSA) is 75.3 Å². The Balaban J connectivity index is 1.68. The number of carbonyl (C=O) groups is 2. The predicted molar refractivity (Wildman–Crippen MR) is 129 cm³/mol. The number of aromatic amines is 1. The third kappa shape index (κ3) is 3.64. The molecule has 33 heavy (non-hydrogen) atoms. The molecule has 1 aliphatic heterocycles. The molecule has 0 radical (unpaired) electrons. The summed E-state index contributed by atoms with van der Waals surface area (Å²) in [4.78, 5) is 27.3. The summed E-state index contributed by atoms with van der Waals surface area (Å²) in [5.74, 6) is -0.550. The van der Waals surface area contributed by atoms with Gasteiger partial charge in [0.05, 0.1) is 24.4 Å². The lowest BCUT2D eigenvalue weighted by molar-refractivity contribution is 0.0600. The minimum Gasteiger partial charge on any atom is -0.465 e. The second-order valence-electron chi connectivity index (χ2n) is 7.89. The van der Waals surface area contributed by atoms with Crippen LogP contribution in [0.3, 0.4) is 0 Å². The van der Waals surface area contributed by atoms with Crippen LogP contribution < -0.4 is 4.90 Å². The molecule has 0 fully saturated rings. The number of ether oxygens (including phenoxy) is 1. The maximum Gasteiger partial charge on any atom is 0.337 e. The van der Waals surface area contributed by atoms with Crippen LogP contribution in [0.25, 0.3) is 11.3 Å². The highest BCUT2D eigenvalue weighted by Gasteiger charge is 2.43. The number of methoxy groups -OCH3 is 1. The van der Waals surface area contributed by atoms with E-state index in [9.17, 15) is 9.59 Å². The van der Waals surface area contributed by atoms with Gasteiger partial charge in [-0.25, -0.2) is 4.79 Å². The number of amides is 1. The number of hydrogen-bond acceptors (Lipinski definition) is 4. The molecule has 1 N–H and O–H groups in total. The quantitative estimate of drug-likeness (QED) is 0.364. The Morgan fingerprint density at radius 2 is 1.67 bits per heavy atom. The SMILES string of the molecule is COC(=O)c1ccc([C@@H]2c3c(-c4ccc(Br)cc4)n[nH]c3C(=O)N2c2ccc(C)cc2)cc1. The summed E-state index contributed by atoms with van der Waals surface area (Å²) >= 11 is 3.47. The largest absolute Gasteiger partial charge is 0.465 e. The number of esters is 1. The molecule has 164 valence electrons. The molecule has 1 atom stereocenters. The maximum absolute atomic E-state index is 13.6. The monoisotopic (exact) mass is 501 g/mol. The highest BCUT2D eigenvalue weighted by atomic mass is 79.9. The fraction of sp³-hybridized carbons (Fsp3) is 0.115. The molecular formula is C26H20BrN3O3. The van der Waals surface area contributed by atoms with Gasteiger partial charge in [0, 0.05) is 21.3 Å². The van der Waals surface area contributed by atoms with Gasteiger partial charge in [0.15, 0.2) is 0 Å². The predicted octanol–water partition coefficient (Wildman–Crippen LogP) is 5.68. The molecule has 6 nitrogen and oxygen atoms in total. The first kappa shape index (κ1) is 21.2. The van der Waals surface area contributed by atoms with Crippen molar-refractivity contribution in [3.05, 3.63) is 105 Å². The molecule has 1 amide bonds. The number of fused-ring (bicyclic) bond motifs is 1. The summed E-state index contributed by atoms with van der Waals surface area (Å²) in [6.45, 7) is 2.01. The smallest absolute Gasteiger partial charge is 0.337 e. The highest BCUT2D eigenvalue weighted by molar-refractivity contribution is 9.10. The standard InChI is InChI=1S/C26H20BrN3O3/c1-15-3-13-20(14-4-15)30-24(17-5-7-18(8-6-17)26(32)33-2)21-22(28-29-23(21)25(30)31)16-9-11-19(27)12-10-16/h3-14,24H,1-2H3,(H,28,29)/t24-/m1/s1. The Morgan fingerprint density at radius 3 is 2.30 bits per heavy atom. The van der Waals surface area contributed by atoms with E-state index >= 15 is 0 Å². The molecule has 0 saturated heterocycles. The Hall–Kier alpha value is -3.71. The number of hydrogen-bond donors (Lipinski definition) is 1. The number of aryl methyl sites for hydroxylation is 1. The summed E-state index contributed by atoms with van der Waals surface area (Å²) in [5, 5.41) is 7.47. The van der Waals surface area contributed by atoms with Crippen molar-refractivity contribution in [3.8, 4) is 11.3 Å². The molecule has 0 spiro atoms. The number of nitrogens with zero attached hydrogens (tertiary/aromatic N) is 2. The molecule has 5 rings (SSSR count). The van der Waals surface area contributed by atoms with Crippen molar-refractivity contribution in [2.45, 2.75) is 13.0 Å². The highest BCUT2D eigenvalue weighted by Crippen LogP contribution is 2.45. The number of anilines is 1. The van der Waals surface area contributed by atoms with Crippen molar-refractivity contribution in [2.75, 3.05) is 12.0 Å². The molecule has 1 aliphatic rings. The van der Waals surface area contributed by atoms with Crippen LogP contribution in [0.4, 0.5) is 5.69 Å². The Labute approximate surface area is 199 Å². The van der Waals surface area contributed by atoms with Gasteiger partial charge in [0.1, 0.15) is 5.69 Å². The Kier molecular flexibility index (Phi) is 5.34. The first-order valence-corrected chi connectivity index (χ1v) is 11.2. The van der Waals surface area contributed by atoms with Crippen LogP contribution in [-0.4, -0.2) is 29.2 Å². The van der Waals surface area contributed by atoms with Gasteiger partial charge in [-0.15, -0.1) is 0 Å². The van der Waals surface area contributed by atoms with Gasteiger partial charge >= 0.3 is 5.97 Å². The van der Waals surface area contributed by atoms with Crippen molar-refractivity contribution in [1.82, 2.24) is 10.2 Å². The molecule has 0 saturated carbocycles. The van der Waals surface area contributed by atoms with Crippen LogP contribution in [0.15, 0.2) is 77.3 Å². The summed E-state index contributed by atoms with van der Waals surface area (Å²) in [5.41, 5.74) is 6.14. The third-order valence-corrected chi connectivity index (χ3v) is 6.37. The van der Waals surface area contributed by atoms with E-state index in [0.717, 1.165) is 38.1 Å². The van der Waals surface area contributed by atoms with E-state index < -0.39 is 12.0 Å².